The van der Waals surface area contributed by atoms with Gasteiger partial charge in [-0.05, 0) is 50.2 Å². The average molecular weight is 452 g/mol. The van der Waals surface area contributed by atoms with E-state index >= 15 is 0 Å². The predicted octanol–water partition coefficient (Wildman–Crippen LogP) is 4.40. The molecule has 3 aromatic rings. The first-order chi connectivity index (χ1) is 13.9. The van der Waals surface area contributed by atoms with Crippen LogP contribution in [0.3, 0.4) is 0 Å². The number of hydrogen-bond acceptors (Lipinski definition) is 6. The lowest BCUT2D eigenvalue weighted by Crippen LogP contribution is -2.11. The highest BCUT2D eigenvalue weighted by Crippen LogP contribution is 2.22. The Morgan fingerprint density at radius 2 is 1.76 bits per heavy atom. The van der Waals surface area contributed by atoms with Crippen molar-refractivity contribution in [2.24, 2.45) is 0 Å². The minimum absolute atomic E-state index is 0.182. The van der Waals surface area contributed by atoms with Crippen LogP contribution in [0.2, 0.25) is 5.02 Å². The van der Waals surface area contributed by atoms with Gasteiger partial charge in [0.2, 0.25) is 0 Å². The summed E-state index contributed by atoms with van der Waals surface area (Å²) in [4.78, 5) is 0.291. The van der Waals surface area contributed by atoms with Crippen LogP contribution >= 0.6 is 23.4 Å². The number of aryl methyl sites for hydroxylation is 1. The number of ether oxygens (including phenoxy) is 1. The van der Waals surface area contributed by atoms with Crippen molar-refractivity contribution < 1.29 is 13.2 Å². The lowest BCUT2D eigenvalue weighted by Gasteiger charge is -2.09. The fourth-order valence-electron chi connectivity index (χ4n) is 2.67. The van der Waals surface area contributed by atoms with Gasteiger partial charge < -0.3 is 9.30 Å². The van der Waals surface area contributed by atoms with Gasteiger partial charge in [0, 0.05) is 17.3 Å². The quantitative estimate of drug-likeness (QED) is 0.354. The van der Waals surface area contributed by atoms with Crippen molar-refractivity contribution in [3.63, 3.8) is 0 Å². The van der Waals surface area contributed by atoms with Gasteiger partial charge in [0.25, 0.3) is 0 Å². The Morgan fingerprint density at radius 3 is 2.41 bits per heavy atom. The minimum Gasteiger partial charge on any atom is -0.493 e. The summed E-state index contributed by atoms with van der Waals surface area (Å²) >= 11 is 7.34. The number of aromatic nitrogens is 3. The molecular formula is C20H22ClN3O3S2. The van der Waals surface area contributed by atoms with E-state index in [0.717, 1.165) is 11.3 Å². The summed E-state index contributed by atoms with van der Waals surface area (Å²) in [6.45, 7) is 4.94. The Bertz CT molecular complexity index is 1050. The molecule has 3 rings (SSSR count). The molecule has 6 nitrogen and oxygen atoms in total. The number of rotatable bonds is 9. The summed E-state index contributed by atoms with van der Waals surface area (Å²) in [7, 11) is -3.48. The number of halogens is 1. The van der Waals surface area contributed by atoms with Crippen molar-refractivity contribution in [2.75, 3.05) is 12.4 Å². The molecule has 154 valence electrons. The monoisotopic (exact) mass is 451 g/mol. The van der Waals surface area contributed by atoms with Gasteiger partial charge in [0.1, 0.15) is 17.3 Å². The molecule has 1 aromatic heterocycles. The van der Waals surface area contributed by atoms with Gasteiger partial charge in [-0.25, -0.2) is 8.42 Å². The maximum absolute atomic E-state index is 12.7. The standard InChI is InChI=1S/C20H22ClN3O3S2/c1-3-24-19(14-29(25,26)18-10-4-15(2)5-11-18)22-23-20(24)28-13-12-27-17-8-6-16(21)7-9-17/h4-11H,3,12-14H2,1-2H3. The van der Waals surface area contributed by atoms with E-state index in [1.807, 2.05) is 30.5 Å². The molecule has 0 fully saturated rings. The molecule has 0 aliphatic heterocycles. The van der Waals surface area contributed by atoms with Crippen molar-refractivity contribution in [1.29, 1.82) is 0 Å². The van der Waals surface area contributed by atoms with Crippen LogP contribution < -0.4 is 4.74 Å². The second kappa shape index (κ2) is 9.65. The molecule has 0 saturated carbocycles. The van der Waals surface area contributed by atoms with Gasteiger partial charge in [0.15, 0.2) is 15.0 Å². The van der Waals surface area contributed by atoms with Crippen LogP contribution in [0.4, 0.5) is 0 Å². The lowest BCUT2D eigenvalue weighted by atomic mass is 10.2. The van der Waals surface area contributed by atoms with E-state index in [1.165, 1.54) is 11.8 Å². The number of benzene rings is 2. The minimum atomic E-state index is -3.48. The van der Waals surface area contributed by atoms with E-state index in [4.69, 9.17) is 16.3 Å². The van der Waals surface area contributed by atoms with Gasteiger partial charge in [-0.15, -0.1) is 10.2 Å². The van der Waals surface area contributed by atoms with Crippen molar-refractivity contribution in [2.45, 2.75) is 36.2 Å². The lowest BCUT2D eigenvalue weighted by molar-refractivity contribution is 0.344. The molecular weight excluding hydrogens is 430 g/mol. The summed E-state index contributed by atoms with van der Waals surface area (Å²) in [5, 5.41) is 9.64. The number of thioether (sulfide) groups is 1. The van der Waals surface area contributed by atoms with E-state index in [9.17, 15) is 8.42 Å². The summed E-state index contributed by atoms with van der Waals surface area (Å²) < 4.78 is 32.9. The van der Waals surface area contributed by atoms with E-state index in [1.54, 1.807) is 36.4 Å². The molecule has 1 heterocycles. The highest BCUT2D eigenvalue weighted by molar-refractivity contribution is 7.99. The first-order valence-corrected chi connectivity index (χ1v) is 12.1. The zero-order chi connectivity index (χ0) is 20.9. The smallest absolute Gasteiger partial charge is 0.191 e. The van der Waals surface area contributed by atoms with E-state index < -0.39 is 9.84 Å². The largest absolute Gasteiger partial charge is 0.493 e. The SMILES string of the molecule is CCn1c(CS(=O)(=O)c2ccc(C)cc2)nnc1SCCOc1ccc(Cl)cc1. The van der Waals surface area contributed by atoms with Crippen LogP contribution in [-0.2, 0) is 22.1 Å². The third-order valence-corrected chi connectivity index (χ3v) is 7.02. The van der Waals surface area contributed by atoms with Crippen LogP contribution in [0, 0.1) is 6.92 Å². The molecule has 0 amide bonds. The van der Waals surface area contributed by atoms with Gasteiger partial charge in [-0.2, -0.15) is 0 Å². The predicted molar refractivity (Wildman–Crippen MR) is 115 cm³/mol. The highest BCUT2D eigenvalue weighted by atomic mass is 35.5. The van der Waals surface area contributed by atoms with Gasteiger partial charge in [0.05, 0.1) is 11.5 Å². The zero-order valence-corrected chi connectivity index (χ0v) is 18.6. The fourth-order valence-corrected chi connectivity index (χ4v) is 4.91. The van der Waals surface area contributed by atoms with Crippen LogP contribution in [0.1, 0.15) is 18.3 Å². The second-order valence-corrected chi connectivity index (χ2v) is 9.85. The first-order valence-electron chi connectivity index (χ1n) is 9.11. The van der Waals surface area contributed by atoms with Crippen molar-refractivity contribution in [1.82, 2.24) is 14.8 Å². The van der Waals surface area contributed by atoms with Crippen molar-refractivity contribution >= 4 is 33.2 Å². The molecule has 0 saturated heterocycles. The van der Waals surface area contributed by atoms with Crippen molar-refractivity contribution in [3.8, 4) is 5.75 Å². The molecule has 0 bridgehead atoms. The van der Waals surface area contributed by atoms with Crippen LogP contribution in [0.5, 0.6) is 5.75 Å². The number of hydrogen-bond donors (Lipinski definition) is 0. The van der Waals surface area contributed by atoms with E-state index in [0.29, 0.717) is 39.8 Å². The Labute approximate surface area is 180 Å². The van der Waals surface area contributed by atoms with Crippen LogP contribution in [-0.4, -0.2) is 35.5 Å². The topological polar surface area (TPSA) is 74.1 Å². The Kier molecular flexibility index (Phi) is 7.21. The third kappa shape index (κ3) is 5.74. The molecule has 0 aliphatic rings. The molecule has 0 unspecified atom stereocenters. The zero-order valence-electron chi connectivity index (χ0n) is 16.2. The van der Waals surface area contributed by atoms with Crippen LogP contribution in [0.25, 0.3) is 0 Å². The summed E-state index contributed by atoms with van der Waals surface area (Å²) in [5.41, 5.74) is 1.01. The highest BCUT2D eigenvalue weighted by Gasteiger charge is 2.21. The third-order valence-electron chi connectivity index (χ3n) is 4.21. The van der Waals surface area contributed by atoms with Gasteiger partial charge in [-0.3, -0.25) is 0 Å². The molecule has 0 N–H and O–H groups in total. The summed E-state index contributed by atoms with van der Waals surface area (Å²) in [6, 6.07) is 14.0. The molecule has 9 heteroatoms. The average Bonchev–Trinajstić information content (AvgIpc) is 3.07. The summed E-state index contributed by atoms with van der Waals surface area (Å²) in [5.74, 6) is 1.66. The molecule has 0 atom stereocenters. The second-order valence-electron chi connectivity index (χ2n) is 6.37. The Balaban J connectivity index is 1.62. The molecule has 29 heavy (non-hydrogen) atoms. The summed E-state index contributed by atoms with van der Waals surface area (Å²) in [6.07, 6.45) is 0. The van der Waals surface area contributed by atoms with Gasteiger partial charge in [-0.1, -0.05) is 41.1 Å². The first kappa shape index (κ1) is 21.7. The Hall–Kier alpha value is -2.03. The maximum Gasteiger partial charge on any atom is 0.191 e. The molecule has 2 aromatic carbocycles. The van der Waals surface area contributed by atoms with E-state index in [-0.39, 0.29) is 5.75 Å². The molecule has 0 radical (unpaired) electrons. The van der Waals surface area contributed by atoms with Crippen molar-refractivity contribution in [3.05, 3.63) is 64.9 Å². The maximum atomic E-state index is 12.7. The van der Waals surface area contributed by atoms with Gasteiger partial charge >= 0.3 is 0 Å². The normalized spacial score (nSPS) is 11.6. The van der Waals surface area contributed by atoms with E-state index in [2.05, 4.69) is 10.2 Å². The molecule has 0 aliphatic carbocycles. The number of sulfone groups is 1. The Morgan fingerprint density at radius 1 is 1.07 bits per heavy atom. The fraction of sp³-hybridized carbons (Fsp3) is 0.300. The van der Waals surface area contributed by atoms with Crippen LogP contribution in [0.15, 0.2) is 58.6 Å². The molecule has 0 spiro atoms. The number of nitrogens with zero attached hydrogens (tertiary/aromatic N) is 3.